The number of rotatable bonds is 7. The number of carbonyl (C=O) groups is 1. The van der Waals surface area contributed by atoms with E-state index in [0.29, 0.717) is 0 Å². The lowest BCUT2D eigenvalue weighted by Gasteiger charge is -2.13. The molecule has 0 saturated heterocycles. The summed E-state index contributed by atoms with van der Waals surface area (Å²) < 4.78 is 65.8. The van der Waals surface area contributed by atoms with Gasteiger partial charge in [-0.15, -0.1) is 0 Å². The van der Waals surface area contributed by atoms with Gasteiger partial charge in [0.25, 0.3) is 5.91 Å². The number of hydrogen-bond donors (Lipinski definition) is 1. The Morgan fingerprint density at radius 2 is 1.89 bits per heavy atom. The molecular formula is C17H17F3N2O4S. The second-order valence-corrected chi connectivity index (χ2v) is 7.70. The molecule has 2 aromatic rings. The minimum atomic E-state index is -4.52. The molecule has 1 amide bonds. The van der Waals surface area contributed by atoms with Crippen LogP contribution in [0.2, 0.25) is 0 Å². The highest BCUT2D eigenvalue weighted by Crippen LogP contribution is 2.21. The van der Waals surface area contributed by atoms with Crippen LogP contribution in [0.5, 0.6) is 5.88 Å². The third-order valence-electron chi connectivity index (χ3n) is 3.51. The summed E-state index contributed by atoms with van der Waals surface area (Å²) in [7, 11) is -3.61. The van der Waals surface area contributed by atoms with Gasteiger partial charge >= 0.3 is 6.18 Å². The molecule has 0 saturated carbocycles. The number of aromatic nitrogens is 1. The zero-order chi connectivity index (χ0) is 20.1. The van der Waals surface area contributed by atoms with Gasteiger partial charge in [0, 0.05) is 18.3 Å². The van der Waals surface area contributed by atoms with Crippen molar-refractivity contribution in [3.05, 3.63) is 53.7 Å². The van der Waals surface area contributed by atoms with Gasteiger partial charge in [-0.2, -0.15) is 13.2 Å². The highest BCUT2D eigenvalue weighted by Gasteiger charge is 2.29. The molecule has 0 fully saturated rings. The first-order valence-corrected chi connectivity index (χ1v) is 9.52. The van der Waals surface area contributed by atoms with E-state index in [1.165, 1.54) is 49.5 Å². The Hall–Kier alpha value is -2.62. The Balaban J connectivity index is 2.16. The van der Waals surface area contributed by atoms with Crippen LogP contribution in [0.15, 0.2) is 47.5 Å². The van der Waals surface area contributed by atoms with E-state index in [-0.39, 0.29) is 34.2 Å². The largest absolute Gasteiger partial charge is 0.468 e. The number of sulfone groups is 1. The fourth-order valence-corrected chi connectivity index (χ4v) is 3.28. The molecule has 1 heterocycles. The molecule has 0 aliphatic carbocycles. The van der Waals surface area contributed by atoms with Crippen LogP contribution >= 0.6 is 0 Å². The molecule has 1 aromatic carbocycles. The molecule has 1 N–H and O–H groups in total. The molecule has 0 unspecified atom stereocenters. The van der Waals surface area contributed by atoms with Crippen LogP contribution in [0.25, 0.3) is 0 Å². The number of hydrogen-bond acceptors (Lipinski definition) is 5. The van der Waals surface area contributed by atoms with Gasteiger partial charge in [-0.05, 0) is 18.2 Å². The predicted octanol–water partition coefficient (Wildman–Crippen LogP) is 2.75. The van der Waals surface area contributed by atoms with Crippen molar-refractivity contribution in [3.63, 3.8) is 0 Å². The highest BCUT2D eigenvalue weighted by atomic mass is 32.2. The van der Waals surface area contributed by atoms with Gasteiger partial charge in [0.2, 0.25) is 5.88 Å². The van der Waals surface area contributed by atoms with Crippen LogP contribution in [0.4, 0.5) is 13.2 Å². The maximum atomic E-state index is 12.4. The summed E-state index contributed by atoms with van der Waals surface area (Å²) in [6, 6.07) is 8.65. The summed E-state index contributed by atoms with van der Waals surface area (Å²) in [5.74, 6) is -1.10. The topological polar surface area (TPSA) is 85.4 Å². The Morgan fingerprint density at radius 3 is 2.56 bits per heavy atom. The van der Waals surface area contributed by atoms with Crippen LogP contribution < -0.4 is 10.1 Å². The lowest BCUT2D eigenvalue weighted by Crippen LogP contribution is -2.26. The van der Waals surface area contributed by atoms with E-state index >= 15 is 0 Å². The van der Waals surface area contributed by atoms with E-state index in [4.69, 9.17) is 0 Å². The first-order chi connectivity index (χ1) is 12.6. The molecule has 0 aliphatic heterocycles. The fraction of sp³-hybridized carbons (Fsp3) is 0.294. The quantitative estimate of drug-likeness (QED) is 0.770. The van der Waals surface area contributed by atoms with Gasteiger partial charge in [-0.25, -0.2) is 13.4 Å². The first kappa shape index (κ1) is 20.7. The van der Waals surface area contributed by atoms with Crippen molar-refractivity contribution in [1.29, 1.82) is 0 Å². The van der Waals surface area contributed by atoms with Crippen molar-refractivity contribution in [2.24, 2.45) is 0 Å². The molecule has 146 valence electrons. The van der Waals surface area contributed by atoms with Gasteiger partial charge in [0.15, 0.2) is 16.4 Å². The molecule has 0 atom stereocenters. The van der Waals surface area contributed by atoms with E-state index in [1.54, 1.807) is 0 Å². The average molecular weight is 402 g/mol. The van der Waals surface area contributed by atoms with Crippen LogP contribution in [0.1, 0.15) is 22.8 Å². The first-order valence-electron chi connectivity index (χ1n) is 7.87. The van der Waals surface area contributed by atoms with Gasteiger partial charge in [-0.1, -0.05) is 25.1 Å². The van der Waals surface area contributed by atoms with Crippen molar-refractivity contribution in [3.8, 4) is 5.88 Å². The summed E-state index contributed by atoms with van der Waals surface area (Å²) in [6.45, 7) is -0.229. The van der Waals surface area contributed by atoms with Crippen molar-refractivity contribution in [2.75, 3.05) is 12.4 Å². The lowest BCUT2D eigenvalue weighted by atomic mass is 10.2. The zero-order valence-electron chi connectivity index (χ0n) is 14.3. The second kappa shape index (κ2) is 8.38. The number of nitrogens with one attached hydrogen (secondary N) is 1. The molecule has 0 aliphatic rings. The highest BCUT2D eigenvalue weighted by molar-refractivity contribution is 7.91. The van der Waals surface area contributed by atoms with E-state index in [9.17, 15) is 26.4 Å². The van der Waals surface area contributed by atoms with E-state index in [2.05, 4.69) is 15.0 Å². The third-order valence-corrected chi connectivity index (χ3v) is 5.29. The van der Waals surface area contributed by atoms with Crippen LogP contribution in [0, 0.1) is 0 Å². The summed E-state index contributed by atoms with van der Waals surface area (Å²) >= 11 is 0. The standard InChI is InChI=1S/C17H17F3N2O4S/c1-2-27(24,25)14-8-4-3-7-13(14)15(23)22-10-12-6-5-9-21-16(12)26-11-17(18,19)20/h3-9H,2,10-11H2,1H3,(H,22,23). The summed E-state index contributed by atoms with van der Waals surface area (Å²) in [5.41, 5.74) is 0.187. The Labute approximate surface area is 154 Å². The smallest absolute Gasteiger partial charge is 0.422 e. The van der Waals surface area contributed by atoms with E-state index in [0.717, 1.165) is 0 Å². The molecule has 1 aromatic heterocycles. The van der Waals surface area contributed by atoms with Gasteiger partial charge < -0.3 is 10.1 Å². The zero-order valence-corrected chi connectivity index (χ0v) is 15.1. The Bertz CT molecular complexity index is 914. The van der Waals surface area contributed by atoms with Crippen LogP contribution in [-0.4, -0.2) is 37.8 Å². The van der Waals surface area contributed by atoms with Gasteiger partial charge in [0.1, 0.15) is 0 Å². The maximum Gasteiger partial charge on any atom is 0.422 e. The predicted molar refractivity (Wildman–Crippen MR) is 91.1 cm³/mol. The maximum absolute atomic E-state index is 12.4. The molecular weight excluding hydrogens is 385 g/mol. The number of pyridine rings is 1. The van der Waals surface area contributed by atoms with Gasteiger partial charge in [-0.3, -0.25) is 4.79 Å². The lowest BCUT2D eigenvalue weighted by molar-refractivity contribution is -0.154. The molecule has 0 radical (unpaired) electrons. The van der Waals surface area contributed by atoms with Crippen LogP contribution in [0.3, 0.4) is 0 Å². The number of amides is 1. The molecule has 2 rings (SSSR count). The number of nitrogens with zero attached hydrogens (tertiary/aromatic N) is 1. The summed E-state index contributed by atoms with van der Waals surface area (Å²) in [4.78, 5) is 16.0. The van der Waals surface area contributed by atoms with Crippen molar-refractivity contribution in [1.82, 2.24) is 10.3 Å². The number of halogens is 3. The van der Waals surface area contributed by atoms with Gasteiger partial charge in [0.05, 0.1) is 16.2 Å². The molecule has 0 bridgehead atoms. The van der Waals surface area contributed by atoms with Crippen molar-refractivity contribution < 1.29 is 31.1 Å². The van der Waals surface area contributed by atoms with Crippen LogP contribution in [-0.2, 0) is 16.4 Å². The van der Waals surface area contributed by atoms with E-state index in [1.807, 2.05) is 0 Å². The minimum absolute atomic E-state index is 0.0407. The molecule has 0 spiro atoms. The summed E-state index contributed by atoms with van der Waals surface area (Å²) in [5, 5.41) is 2.48. The van der Waals surface area contributed by atoms with E-state index < -0.39 is 28.5 Å². The Morgan fingerprint density at radius 1 is 1.19 bits per heavy atom. The Kier molecular flexibility index (Phi) is 6.42. The summed E-state index contributed by atoms with van der Waals surface area (Å²) in [6.07, 6.45) is -3.26. The minimum Gasteiger partial charge on any atom is -0.468 e. The van der Waals surface area contributed by atoms with Crippen molar-refractivity contribution >= 4 is 15.7 Å². The molecule has 10 heteroatoms. The number of alkyl halides is 3. The number of benzene rings is 1. The second-order valence-electron chi connectivity index (χ2n) is 5.45. The number of ether oxygens (including phenoxy) is 1. The fourth-order valence-electron chi connectivity index (χ4n) is 2.19. The monoisotopic (exact) mass is 402 g/mol. The SMILES string of the molecule is CCS(=O)(=O)c1ccccc1C(=O)NCc1cccnc1OCC(F)(F)F. The molecule has 6 nitrogen and oxygen atoms in total. The number of carbonyl (C=O) groups excluding carboxylic acids is 1. The third kappa shape index (κ3) is 5.68. The molecule has 27 heavy (non-hydrogen) atoms. The average Bonchev–Trinajstić information content (AvgIpc) is 2.64. The van der Waals surface area contributed by atoms with Crippen molar-refractivity contribution in [2.45, 2.75) is 24.5 Å². The normalized spacial score (nSPS) is 11.9.